The van der Waals surface area contributed by atoms with Crippen LogP contribution < -0.4 is 4.74 Å². The van der Waals surface area contributed by atoms with Gasteiger partial charge in [0.25, 0.3) is 0 Å². The van der Waals surface area contributed by atoms with Crippen molar-refractivity contribution in [3.8, 4) is 16.9 Å². The molecule has 1 heterocycles. The average molecular weight is 479 g/mol. The third kappa shape index (κ3) is 5.30. The van der Waals surface area contributed by atoms with E-state index in [0.29, 0.717) is 35.0 Å². The summed E-state index contributed by atoms with van der Waals surface area (Å²) in [5.74, 6) is -0.804. The van der Waals surface area contributed by atoms with Gasteiger partial charge in [-0.05, 0) is 79.3 Å². The lowest BCUT2D eigenvalue weighted by Crippen LogP contribution is -2.14. The normalized spacial score (nSPS) is 21.9. The van der Waals surface area contributed by atoms with Crippen molar-refractivity contribution < 1.29 is 22.6 Å². The number of benzene rings is 3. The summed E-state index contributed by atoms with van der Waals surface area (Å²) in [6, 6.07) is 15.4. The molecule has 3 aromatic carbocycles. The molecule has 182 valence electrons. The highest BCUT2D eigenvalue weighted by Crippen LogP contribution is 2.38. The molecule has 0 bridgehead atoms. The van der Waals surface area contributed by atoms with Gasteiger partial charge in [0.2, 0.25) is 0 Å². The first kappa shape index (κ1) is 23.7. The summed E-state index contributed by atoms with van der Waals surface area (Å²) in [4.78, 5) is 0. The van der Waals surface area contributed by atoms with Gasteiger partial charge < -0.3 is 9.47 Å². The monoisotopic (exact) mass is 478 g/mol. The van der Waals surface area contributed by atoms with Crippen molar-refractivity contribution in [2.75, 3.05) is 6.61 Å². The molecule has 0 radical (unpaired) electrons. The van der Waals surface area contributed by atoms with Crippen LogP contribution in [0.4, 0.5) is 13.2 Å². The van der Waals surface area contributed by atoms with Crippen LogP contribution in [0.3, 0.4) is 0 Å². The highest BCUT2D eigenvalue weighted by molar-refractivity contribution is 5.65. The molecule has 0 N–H and O–H groups in total. The maximum Gasteiger partial charge on any atom is 0.165 e. The van der Waals surface area contributed by atoms with Gasteiger partial charge in [-0.1, -0.05) is 48.6 Å². The Balaban J connectivity index is 1.22. The number of allylic oxidation sites excluding steroid dienone is 2. The topological polar surface area (TPSA) is 21.8 Å². The summed E-state index contributed by atoms with van der Waals surface area (Å²) >= 11 is 0. The van der Waals surface area contributed by atoms with Crippen LogP contribution in [0.15, 0.2) is 66.7 Å². The summed E-state index contributed by atoms with van der Waals surface area (Å²) in [6.45, 7) is 2.57. The lowest BCUT2D eigenvalue weighted by atomic mass is 9.78. The van der Waals surface area contributed by atoms with E-state index in [-0.39, 0.29) is 30.0 Å². The molecule has 0 amide bonds. The Morgan fingerprint density at radius 2 is 1.66 bits per heavy atom. The number of halogens is 3. The first-order valence-electron chi connectivity index (χ1n) is 12.3. The SMILES string of the molecule is C/C=C/C1CCC(c2ccc(COc3ccc(-c4ccc(C5CO5)cc4F)cc3)c(F)c2F)CC1. The zero-order valence-electron chi connectivity index (χ0n) is 19.8. The van der Waals surface area contributed by atoms with Crippen LogP contribution >= 0.6 is 0 Å². The van der Waals surface area contributed by atoms with Crippen molar-refractivity contribution in [3.63, 3.8) is 0 Å². The van der Waals surface area contributed by atoms with Gasteiger partial charge in [-0.15, -0.1) is 0 Å². The van der Waals surface area contributed by atoms with Crippen molar-refractivity contribution in [1.82, 2.24) is 0 Å². The molecule has 0 spiro atoms. The molecule has 5 rings (SSSR count). The third-order valence-electron chi connectivity index (χ3n) is 7.13. The molecule has 1 saturated heterocycles. The largest absolute Gasteiger partial charge is 0.489 e. The summed E-state index contributed by atoms with van der Waals surface area (Å²) in [5, 5.41) is 0. The maximum atomic E-state index is 14.9. The average Bonchev–Trinajstić information content (AvgIpc) is 3.72. The summed E-state index contributed by atoms with van der Waals surface area (Å²) < 4.78 is 55.2. The molecule has 3 aromatic rings. The molecule has 1 saturated carbocycles. The number of epoxide rings is 1. The predicted molar refractivity (Wildman–Crippen MR) is 131 cm³/mol. The molecule has 1 aliphatic carbocycles. The fourth-order valence-electron chi connectivity index (χ4n) is 5.02. The Labute approximate surface area is 204 Å². The van der Waals surface area contributed by atoms with E-state index in [1.807, 2.05) is 13.0 Å². The second-order valence-corrected chi connectivity index (χ2v) is 9.45. The Hall–Kier alpha value is -3.05. The van der Waals surface area contributed by atoms with Crippen LogP contribution in [-0.2, 0) is 11.3 Å². The number of rotatable bonds is 7. The van der Waals surface area contributed by atoms with Crippen molar-refractivity contribution in [1.29, 1.82) is 0 Å². The molecular formula is C30H29F3O2. The summed E-state index contributed by atoms with van der Waals surface area (Å²) in [7, 11) is 0. The Bertz CT molecular complexity index is 1210. The molecule has 1 aliphatic heterocycles. The molecule has 2 nitrogen and oxygen atoms in total. The zero-order chi connectivity index (χ0) is 24.4. The minimum Gasteiger partial charge on any atom is -0.489 e. The van der Waals surface area contributed by atoms with Crippen molar-refractivity contribution in [2.45, 2.75) is 51.2 Å². The van der Waals surface area contributed by atoms with Gasteiger partial charge in [-0.2, -0.15) is 0 Å². The molecule has 2 fully saturated rings. The van der Waals surface area contributed by atoms with Crippen LogP contribution in [-0.4, -0.2) is 6.61 Å². The quantitative estimate of drug-likeness (QED) is 0.252. The van der Waals surface area contributed by atoms with Crippen molar-refractivity contribution in [2.24, 2.45) is 5.92 Å². The third-order valence-corrected chi connectivity index (χ3v) is 7.13. The Morgan fingerprint density at radius 3 is 2.31 bits per heavy atom. The van der Waals surface area contributed by atoms with Crippen molar-refractivity contribution in [3.05, 3.63) is 101 Å². The molecule has 2 aliphatic rings. The number of hydrogen-bond acceptors (Lipinski definition) is 2. The van der Waals surface area contributed by atoms with E-state index < -0.39 is 11.6 Å². The van der Waals surface area contributed by atoms with Gasteiger partial charge in [-0.25, -0.2) is 13.2 Å². The first-order chi connectivity index (χ1) is 17.0. The van der Waals surface area contributed by atoms with E-state index in [1.54, 1.807) is 42.5 Å². The van der Waals surface area contributed by atoms with E-state index >= 15 is 0 Å². The molecule has 1 atom stereocenters. The van der Waals surface area contributed by atoms with Gasteiger partial charge in [0.1, 0.15) is 24.3 Å². The van der Waals surface area contributed by atoms with Crippen LogP contribution in [0.1, 0.15) is 61.3 Å². The number of ether oxygens (including phenoxy) is 2. The van der Waals surface area contributed by atoms with E-state index in [4.69, 9.17) is 9.47 Å². The van der Waals surface area contributed by atoms with Crippen LogP contribution in [0, 0.1) is 23.4 Å². The first-order valence-corrected chi connectivity index (χ1v) is 12.3. The highest BCUT2D eigenvalue weighted by atomic mass is 19.2. The second-order valence-electron chi connectivity index (χ2n) is 9.45. The second kappa shape index (κ2) is 10.3. The molecular weight excluding hydrogens is 449 g/mol. The molecule has 0 aromatic heterocycles. The van der Waals surface area contributed by atoms with Crippen LogP contribution in [0.2, 0.25) is 0 Å². The molecule has 35 heavy (non-hydrogen) atoms. The smallest absolute Gasteiger partial charge is 0.165 e. The van der Waals surface area contributed by atoms with Crippen LogP contribution in [0.5, 0.6) is 5.75 Å². The van der Waals surface area contributed by atoms with Crippen LogP contribution in [0.25, 0.3) is 11.1 Å². The Morgan fingerprint density at radius 1 is 0.914 bits per heavy atom. The minimum atomic E-state index is -0.837. The molecule has 1 unspecified atom stereocenters. The van der Waals surface area contributed by atoms with Gasteiger partial charge in [0.15, 0.2) is 11.6 Å². The zero-order valence-corrected chi connectivity index (χ0v) is 19.8. The van der Waals surface area contributed by atoms with E-state index in [1.165, 1.54) is 6.07 Å². The highest BCUT2D eigenvalue weighted by Gasteiger charge is 2.26. The maximum absolute atomic E-state index is 14.9. The summed E-state index contributed by atoms with van der Waals surface area (Å²) in [5.41, 5.74) is 2.69. The Kier molecular flexibility index (Phi) is 6.96. The van der Waals surface area contributed by atoms with Gasteiger partial charge in [0.05, 0.1) is 6.61 Å². The standard InChI is InChI=1S/C30H29F3O2/c1-2-3-19-4-6-21(7-5-19)26-15-11-23(29(32)30(26)33)17-34-24-12-8-20(9-13-24)25-14-10-22(16-27(25)31)28-18-35-28/h2-3,8-16,19,21,28H,4-7,17-18H2,1H3/b3-2+. The van der Waals surface area contributed by atoms with E-state index in [0.717, 1.165) is 31.2 Å². The van der Waals surface area contributed by atoms with Gasteiger partial charge >= 0.3 is 0 Å². The summed E-state index contributed by atoms with van der Waals surface area (Å²) in [6.07, 6.45) is 8.01. The van der Waals surface area contributed by atoms with Gasteiger partial charge in [0, 0.05) is 11.1 Å². The lowest BCUT2D eigenvalue weighted by Gasteiger charge is -2.27. The number of hydrogen-bond donors (Lipinski definition) is 0. The van der Waals surface area contributed by atoms with Crippen molar-refractivity contribution >= 4 is 0 Å². The molecule has 5 heteroatoms. The van der Waals surface area contributed by atoms with Gasteiger partial charge in [-0.3, -0.25) is 0 Å². The predicted octanol–water partition coefficient (Wildman–Crippen LogP) is 8.27. The minimum absolute atomic E-state index is 0.00636. The van der Waals surface area contributed by atoms with E-state index in [2.05, 4.69) is 12.2 Å². The lowest BCUT2D eigenvalue weighted by molar-refractivity contribution is 0.296. The fraction of sp³-hybridized carbons (Fsp3) is 0.333. The fourth-order valence-corrected chi connectivity index (χ4v) is 5.02. The van der Waals surface area contributed by atoms with E-state index in [9.17, 15) is 13.2 Å².